The standard InChI is InChI=1S/C33H34N4O4/c1-33(2)21-35(17-18-36(33)29(23-9-5-3-6-10-23)24-11-7-4-8-12-24)20-22-13-14-25-26(19-22)32(41)37(31(25)40)27-15-16-28(38)34-30(27)39/h3-14,19,27,29H,15-18,20-21H2,1-2H3,(H,34,38,39). The number of benzene rings is 3. The molecule has 0 radical (unpaired) electrons. The van der Waals surface area contributed by atoms with Crippen LogP contribution in [0.4, 0.5) is 0 Å². The van der Waals surface area contributed by atoms with Crippen LogP contribution >= 0.6 is 0 Å². The van der Waals surface area contributed by atoms with Crippen molar-refractivity contribution in [2.45, 2.75) is 50.9 Å². The minimum atomic E-state index is -0.959. The predicted octanol–water partition coefficient (Wildman–Crippen LogP) is 3.77. The van der Waals surface area contributed by atoms with Crippen molar-refractivity contribution in [3.05, 3.63) is 107 Å². The number of nitrogens with zero attached hydrogens (tertiary/aromatic N) is 3. The second-order valence-electron chi connectivity index (χ2n) is 11.8. The summed E-state index contributed by atoms with van der Waals surface area (Å²) in [4.78, 5) is 56.3. The smallest absolute Gasteiger partial charge is 0.262 e. The summed E-state index contributed by atoms with van der Waals surface area (Å²) in [6.07, 6.45) is 0.252. The summed E-state index contributed by atoms with van der Waals surface area (Å²) in [5.74, 6) is -1.93. The first-order valence-corrected chi connectivity index (χ1v) is 14.2. The van der Waals surface area contributed by atoms with Gasteiger partial charge < -0.3 is 0 Å². The second kappa shape index (κ2) is 10.7. The minimum Gasteiger partial charge on any atom is -0.296 e. The Labute approximate surface area is 239 Å². The normalized spacial score (nSPS) is 21.3. The van der Waals surface area contributed by atoms with Gasteiger partial charge in [-0.05, 0) is 49.1 Å². The lowest BCUT2D eigenvalue weighted by atomic mass is 9.89. The van der Waals surface area contributed by atoms with Gasteiger partial charge in [0, 0.05) is 38.1 Å². The fourth-order valence-corrected chi connectivity index (χ4v) is 6.58. The Balaban J connectivity index is 1.19. The number of rotatable bonds is 6. The number of nitrogens with one attached hydrogen (secondary N) is 1. The van der Waals surface area contributed by atoms with Crippen LogP contribution in [0.5, 0.6) is 0 Å². The molecular weight excluding hydrogens is 516 g/mol. The van der Waals surface area contributed by atoms with E-state index in [-0.39, 0.29) is 30.3 Å². The van der Waals surface area contributed by atoms with Crippen molar-refractivity contribution < 1.29 is 19.2 Å². The monoisotopic (exact) mass is 550 g/mol. The quantitative estimate of drug-likeness (QED) is 0.470. The number of amides is 4. The molecule has 1 N–H and O–H groups in total. The highest BCUT2D eigenvalue weighted by molar-refractivity contribution is 6.23. The molecule has 0 aliphatic carbocycles. The largest absolute Gasteiger partial charge is 0.296 e. The van der Waals surface area contributed by atoms with Crippen molar-refractivity contribution in [3.8, 4) is 0 Å². The third-order valence-electron chi connectivity index (χ3n) is 8.50. The molecule has 3 aromatic rings. The zero-order valence-electron chi connectivity index (χ0n) is 23.4. The van der Waals surface area contributed by atoms with Crippen LogP contribution in [-0.4, -0.2) is 69.5 Å². The lowest BCUT2D eigenvalue weighted by molar-refractivity contribution is -0.136. The maximum Gasteiger partial charge on any atom is 0.262 e. The molecule has 0 aromatic heterocycles. The molecular formula is C33H34N4O4. The van der Waals surface area contributed by atoms with Crippen LogP contribution < -0.4 is 5.32 Å². The molecule has 4 amide bonds. The molecule has 0 saturated carbocycles. The number of piperidine rings is 1. The highest BCUT2D eigenvalue weighted by Crippen LogP contribution is 2.37. The van der Waals surface area contributed by atoms with Gasteiger partial charge in [-0.25, -0.2) is 0 Å². The van der Waals surface area contributed by atoms with Gasteiger partial charge in [0.05, 0.1) is 17.2 Å². The lowest BCUT2D eigenvalue weighted by Crippen LogP contribution is -2.59. The molecule has 1 unspecified atom stereocenters. The van der Waals surface area contributed by atoms with Gasteiger partial charge in [0.1, 0.15) is 6.04 Å². The summed E-state index contributed by atoms with van der Waals surface area (Å²) in [6, 6.07) is 25.8. The molecule has 2 saturated heterocycles. The number of piperazine rings is 1. The molecule has 210 valence electrons. The molecule has 8 nitrogen and oxygen atoms in total. The van der Waals surface area contributed by atoms with Gasteiger partial charge >= 0.3 is 0 Å². The Morgan fingerprint density at radius 1 is 0.829 bits per heavy atom. The average Bonchev–Trinajstić information content (AvgIpc) is 3.20. The summed E-state index contributed by atoms with van der Waals surface area (Å²) < 4.78 is 0. The van der Waals surface area contributed by atoms with E-state index < -0.39 is 23.8 Å². The van der Waals surface area contributed by atoms with E-state index in [4.69, 9.17) is 0 Å². The topological polar surface area (TPSA) is 90.0 Å². The average molecular weight is 551 g/mol. The van der Waals surface area contributed by atoms with Crippen LogP contribution in [-0.2, 0) is 16.1 Å². The first-order valence-electron chi connectivity index (χ1n) is 14.2. The van der Waals surface area contributed by atoms with Crippen LogP contribution in [0.15, 0.2) is 78.9 Å². The van der Waals surface area contributed by atoms with Crippen molar-refractivity contribution in [2.75, 3.05) is 19.6 Å². The molecule has 0 bridgehead atoms. The van der Waals surface area contributed by atoms with E-state index in [1.165, 1.54) is 11.1 Å². The number of fused-ring (bicyclic) bond motifs is 1. The molecule has 3 heterocycles. The molecule has 2 fully saturated rings. The summed E-state index contributed by atoms with van der Waals surface area (Å²) in [5.41, 5.74) is 3.97. The number of hydrogen-bond donors (Lipinski definition) is 1. The van der Waals surface area contributed by atoms with E-state index >= 15 is 0 Å². The fourth-order valence-electron chi connectivity index (χ4n) is 6.58. The Morgan fingerprint density at radius 2 is 1.46 bits per heavy atom. The van der Waals surface area contributed by atoms with E-state index in [0.717, 1.165) is 30.1 Å². The minimum absolute atomic E-state index is 0.103. The van der Waals surface area contributed by atoms with Crippen LogP contribution in [0, 0.1) is 0 Å². The molecule has 6 rings (SSSR count). The van der Waals surface area contributed by atoms with Gasteiger partial charge in [-0.1, -0.05) is 66.7 Å². The van der Waals surface area contributed by atoms with Crippen molar-refractivity contribution in [1.82, 2.24) is 20.0 Å². The Morgan fingerprint density at radius 3 is 2.07 bits per heavy atom. The number of carbonyl (C=O) groups excluding carboxylic acids is 4. The van der Waals surface area contributed by atoms with Crippen molar-refractivity contribution in [2.24, 2.45) is 0 Å². The lowest BCUT2D eigenvalue weighted by Gasteiger charge is -2.51. The molecule has 3 aliphatic rings. The van der Waals surface area contributed by atoms with Gasteiger partial charge in [-0.3, -0.25) is 39.2 Å². The maximum atomic E-state index is 13.3. The maximum absolute atomic E-state index is 13.3. The zero-order chi connectivity index (χ0) is 28.7. The molecule has 41 heavy (non-hydrogen) atoms. The van der Waals surface area contributed by atoms with Crippen LogP contribution in [0.1, 0.15) is 70.1 Å². The molecule has 3 aromatic carbocycles. The van der Waals surface area contributed by atoms with E-state index in [9.17, 15) is 19.2 Å². The summed E-state index contributed by atoms with van der Waals surface area (Å²) in [5, 5.41) is 2.24. The van der Waals surface area contributed by atoms with Crippen molar-refractivity contribution in [1.29, 1.82) is 0 Å². The second-order valence-corrected chi connectivity index (χ2v) is 11.8. The molecule has 3 aliphatic heterocycles. The van der Waals surface area contributed by atoms with Gasteiger partial charge in [0.2, 0.25) is 11.8 Å². The summed E-state index contributed by atoms with van der Waals surface area (Å²) >= 11 is 0. The van der Waals surface area contributed by atoms with E-state index in [1.807, 2.05) is 18.2 Å². The Kier molecular flexibility index (Phi) is 7.05. The van der Waals surface area contributed by atoms with Crippen LogP contribution in [0.2, 0.25) is 0 Å². The predicted molar refractivity (Wildman–Crippen MR) is 154 cm³/mol. The highest BCUT2D eigenvalue weighted by Gasteiger charge is 2.45. The fraction of sp³-hybridized carbons (Fsp3) is 0.333. The van der Waals surface area contributed by atoms with E-state index in [0.29, 0.717) is 17.7 Å². The van der Waals surface area contributed by atoms with Gasteiger partial charge in [0.15, 0.2) is 0 Å². The summed E-state index contributed by atoms with van der Waals surface area (Å²) in [7, 11) is 0. The first-order chi connectivity index (χ1) is 19.7. The molecule has 8 heteroatoms. The zero-order valence-corrected chi connectivity index (χ0v) is 23.4. The number of imide groups is 2. The Bertz CT molecular complexity index is 1460. The van der Waals surface area contributed by atoms with Gasteiger partial charge in [-0.2, -0.15) is 0 Å². The van der Waals surface area contributed by atoms with E-state index in [1.54, 1.807) is 12.1 Å². The SMILES string of the molecule is CC1(C)CN(Cc2ccc3c(c2)C(=O)N(C2CCC(=O)NC2=O)C3=O)CCN1C(c1ccccc1)c1ccccc1. The Hall–Kier alpha value is -4.14. The first kappa shape index (κ1) is 27.1. The van der Waals surface area contributed by atoms with Crippen molar-refractivity contribution >= 4 is 23.6 Å². The van der Waals surface area contributed by atoms with Crippen molar-refractivity contribution in [3.63, 3.8) is 0 Å². The number of carbonyl (C=O) groups is 4. The van der Waals surface area contributed by atoms with Crippen LogP contribution in [0.3, 0.4) is 0 Å². The molecule has 1 atom stereocenters. The van der Waals surface area contributed by atoms with Gasteiger partial charge in [0.25, 0.3) is 11.8 Å². The third-order valence-corrected chi connectivity index (χ3v) is 8.50. The van der Waals surface area contributed by atoms with Crippen LogP contribution in [0.25, 0.3) is 0 Å². The summed E-state index contributed by atoms with van der Waals surface area (Å²) in [6.45, 7) is 7.75. The molecule has 0 spiro atoms. The van der Waals surface area contributed by atoms with Gasteiger partial charge in [-0.15, -0.1) is 0 Å². The third kappa shape index (κ3) is 5.09. The van der Waals surface area contributed by atoms with E-state index in [2.05, 4.69) is 77.5 Å². The number of hydrogen-bond acceptors (Lipinski definition) is 6. The highest BCUT2D eigenvalue weighted by atomic mass is 16.2.